The Balaban J connectivity index is 1.58. The van der Waals surface area contributed by atoms with Crippen molar-refractivity contribution in [2.45, 2.75) is 37.3 Å². The van der Waals surface area contributed by atoms with Crippen LogP contribution in [0.25, 0.3) is 0 Å². The van der Waals surface area contributed by atoms with Gasteiger partial charge in [-0.3, -0.25) is 0 Å². The quantitative estimate of drug-likeness (QED) is 0.753. The molecule has 0 N–H and O–H groups in total. The zero-order valence-corrected chi connectivity index (χ0v) is 15.8. The Morgan fingerprint density at radius 3 is 2.81 bits per heavy atom. The number of nitrogens with zero attached hydrogens (tertiary/aromatic N) is 1. The molecule has 2 unspecified atom stereocenters. The van der Waals surface area contributed by atoms with Crippen LogP contribution in [0, 0.1) is 17.6 Å². The Morgan fingerprint density at radius 2 is 2.04 bits per heavy atom. The van der Waals surface area contributed by atoms with Crippen LogP contribution in [0.15, 0.2) is 30.3 Å². The molecule has 4 rings (SSSR count). The number of benzene rings is 1. The lowest BCUT2D eigenvalue weighted by Crippen LogP contribution is -2.47. The van der Waals surface area contributed by atoms with Crippen LogP contribution in [-0.4, -0.2) is 37.7 Å². The number of halogens is 2. The van der Waals surface area contributed by atoms with Gasteiger partial charge in [-0.2, -0.15) is 4.39 Å². The molecule has 6 heteroatoms. The molecule has 2 aromatic rings. The summed E-state index contributed by atoms with van der Waals surface area (Å²) in [7, 11) is 3.85. The third kappa shape index (κ3) is 3.09. The highest BCUT2D eigenvalue weighted by Crippen LogP contribution is 2.48. The Kier molecular flexibility index (Phi) is 4.88. The Bertz CT molecular complexity index is 781. The zero-order chi connectivity index (χ0) is 18.3. The maximum Gasteiger partial charge on any atom is 0.200 e. The monoisotopic (exact) mass is 379 g/mol. The number of hydrogen-bond acceptors (Lipinski definition) is 4. The third-order valence-corrected chi connectivity index (χ3v) is 7.13. The predicted octanol–water partition coefficient (Wildman–Crippen LogP) is 4.68. The molecule has 0 spiro atoms. The number of methoxy groups -OCH3 is 1. The van der Waals surface area contributed by atoms with E-state index < -0.39 is 11.6 Å². The summed E-state index contributed by atoms with van der Waals surface area (Å²) in [5.41, 5.74) is 0. The lowest BCUT2D eigenvalue weighted by Gasteiger charge is -2.42. The topological polar surface area (TPSA) is 21.7 Å². The van der Waals surface area contributed by atoms with E-state index in [-0.39, 0.29) is 11.7 Å². The molecule has 0 saturated carbocycles. The van der Waals surface area contributed by atoms with E-state index in [2.05, 4.69) is 18.0 Å². The predicted molar refractivity (Wildman–Crippen MR) is 98.1 cm³/mol. The molecule has 1 aromatic carbocycles. The van der Waals surface area contributed by atoms with Crippen molar-refractivity contribution >= 4 is 11.3 Å². The number of thiophene rings is 1. The second-order valence-corrected chi connectivity index (χ2v) is 8.27. The van der Waals surface area contributed by atoms with E-state index >= 15 is 0 Å². The molecule has 2 saturated heterocycles. The SMILES string of the molecule is COc1ccc([C@H]2CC3CCC([C@@H]2COc2cccc(F)c2F)N3C)s1. The average molecular weight is 379 g/mol. The van der Waals surface area contributed by atoms with E-state index in [0.29, 0.717) is 24.6 Å². The van der Waals surface area contributed by atoms with Gasteiger partial charge in [-0.05, 0) is 50.6 Å². The highest BCUT2D eigenvalue weighted by Gasteiger charge is 2.46. The van der Waals surface area contributed by atoms with Gasteiger partial charge in [-0.1, -0.05) is 6.07 Å². The molecule has 4 atom stereocenters. The molecule has 2 aliphatic rings. The standard InChI is InChI=1S/C20H23F2NO2S/c1-23-12-6-7-16(23)14(11-25-17-5-3-4-15(21)20(17)22)13(10-12)18-8-9-19(24-2)26-18/h3-5,8-9,12-14,16H,6-7,10-11H2,1-2H3/t12?,13-,14+,16?/m0/s1. The van der Waals surface area contributed by atoms with Crippen LogP contribution in [-0.2, 0) is 0 Å². The van der Waals surface area contributed by atoms with E-state index in [9.17, 15) is 8.78 Å². The normalized spacial score (nSPS) is 28.3. The smallest absolute Gasteiger partial charge is 0.200 e. The minimum absolute atomic E-state index is 0.00437. The number of fused-ring (bicyclic) bond motifs is 2. The first-order valence-corrected chi connectivity index (χ1v) is 9.82. The summed E-state index contributed by atoms with van der Waals surface area (Å²) in [4.78, 5) is 3.73. The maximum absolute atomic E-state index is 14.0. The van der Waals surface area contributed by atoms with Crippen LogP contribution < -0.4 is 9.47 Å². The van der Waals surface area contributed by atoms with Gasteiger partial charge in [0.15, 0.2) is 16.6 Å². The Morgan fingerprint density at radius 1 is 1.19 bits per heavy atom. The fourth-order valence-electron chi connectivity index (χ4n) is 4.56. The number of piperidine rings is 1. The van der Waals surface area contributed by atoms with Crippen LogP contribution in [0.4, 0.5) is 8.78 Å². The first-order chi connectivity index (χ1) is 12.6. The molecular formula is C20H23F2NO2S. The molecule has 3 heterocycles. The van der Waals surface area contributed by atoms with E-state index in [1.165, 1.54) is 23.4 Å². The highest BCUT2D eigenvalue weighted by molar-refractivity contribution is 7.13. The van der Waals surface area contributed by atoms with Crippen LogP contribution in [0.2, 0.25) is 0 Å². The highest BCUT2D eigenvalue weighted by atomic mass is 32.1. The Labute approximate surface area is 156 Å². The molecule has 0 amide bonds. The van der Waals surface area contributed by atoms with Gasteiger partial charge in [0.25, 0.3) is 0 Å². The summed E-state index contributed by atoms with van der Waals surface area (Å²) in [5.74, 6) is -1.19. The summed E-state index contributed by atoms with van der Waals surface area (Å²) >= 11 is 1.67. The minimum atomic E-state index is -0.907. The Hall–Kier alpha value is -1.66. The van der Waals surface area contributed by atoms with Crippen molar-refractivity contribution in [2.75, 3.05) is 20.8 Å². The van der Waals surface area contributed by atoms with Gasteiger partial charge >= 0.3 is 0 Å². The summed E-state index contributed by atoms with van der Waals surface area (Å²) in [6, 6.07) is 9.21. The van der Waals surface area contributed by atoms with Crippen molar-refractivity contribution < 1.29 is 18.3 Å². The summed E-state index contributed by atoms with van der Waals surface area (Å²) in [5, 5.41) is 0.905. The molecule has 2 bridgehead atoms. The first-order valence-electron chi connectivity index (χ1n) is 9.01. The van der Waals surface area contributed by atoms with Crippen LogP contribution in [0.5, 0.6) is 10.8 Å². The van der Waals surface area contributed by atoms with Crippen LogP contribution in [0.1, 0.15) is 30.1 Å². The molecule has 26 heavy (non-hydrogen) atoms. The minimum Gasteiger partial charge on any atom is -0.490 e. The number of hydrogen-bond donors (Lipinski definition) is 0. The molecule has 0 aliphatic carbocycles. The van der Waals surface area contributed by atoms with Crippen molar-refractivity contribution in [1.29, 1.82) is 0 Å². The van der Waals surface area contributed by atoms with E-state index in [1.54, 1.807) is 18.4 Å². The lowest BCUT2D eigenvalue weighted by atomic mass is 9.80. The van der Waals surface area contributed by atoms with Gasteiger partial charge in [0.1, 0.15) is 0 Å². The van der Waals surface area contributed by atoms with Crippen molar-refractivity contribution in [1.82, 2.24) is 4.90 Å². The maximum atomic E-state index is 14.0. The molecule has 3 nitrogen and oxygen atoms in total. The fourth-order valence-corrected chi connectivity index (χ4v) is 5.57. The van der Waals surface area contributed by atoms with E-state index in [1.807, 2.05) is 6.07 Å². The van der Waals surface area contributed by atoms with E-state index in [4.69, 9.17) is 9.47 Å². The van der Waals surface area contributed by atoms with Crippen LogP contribution >= 0.6 is 11.3 Å². The lowest BCUT2D eigenvalue weighted by molar-refractivity contribution is 0.0662. The van der Waals surface area contributed by atoms with Gasteiger partial charge < -0.3 is 14.4 Å². The molecule has 0 radical (unpaired) electrons. The summed E-state index contributed by atoms with van der Waals surface area (Å²) in [6.07, 6.45) is 3.38. The number of ether oxygens (including phenoxy) is 2. The molecule has 2 aliphatic heterocycles. The molecule has 140 valence electrons. The van der Waals surface area contributed by atoms with Gasteiger partial charge in [-0.15, -0.1) is 11.3 Å². The van der Waals surface area contributed by atoms with Crippen molar-refractivity contribution in [3.63, 3.8) is 0 Å². The summed E-state index contributed by atoms with van der Waals surface area (Å²) < 4.78 is 38.6. The van der Waals surface area contributed by atoms with Gasteiger partial charge in [-0.25, -0.2) is 4.39 Å². The second kappa shape index (κ2) is 7.16. The van der Waals surface area contributed by atoms with Crippen molar-refractivity contribution in [3.8, 4) is 10.8 Å². The zero-order valence-electron chi connectivity index (χ0n) is 15.0. The largest absolute Gasteiger partial charge is 0.490 e. The van der Waals surface area contributed by atoms with Crippen LogP contribution in [0.3, 0.4) is 0 Å². The molecule has 2 fully saturated rings. The molecular weight excluding hydrogens is 356 g/mol. The third-order valence-electron chi connectivity index (χ3n) is 5.95. The summed E-state index contributed by atoms with van der Waals surface area (Å²) in [6.45, 7) is 0.382. The molecule has 1 aromatic heterocycles. The van der Waals surface area contributed by atoms with Gasteiger partial charge in [0, 0.05) is 28.8 Å². The van der Waals surface area contributed by atoms with Gasteiger partial charge in [0.2, 0.25) is 5.82 Å². The number of rotatable bonds is 5. The van der Waals surface area contributed by atoms with Crippen molar-refractivity contribution in [3.05, 3.63) is 46.8 Å². The first kappa shape index (κ1) is 17.7. The van der Waals surface area contributed by atoms with Crippen molar-refractivity contribution in [2.24, 2.45) is 5.92 Å². The average Bonchev–Trinajstić information content (AvgIpc) is 3.20. The fraction of sp³-hybridized carbons (Fsp3) is 0.500. The second-order valence-electron chi connectivity index (χ2n) is 7.19. The van der Waals surface area contributed by atoms with E-state index in [0.717, 1.165) is 24.0 Å². The van der Waals surface area contributed by atoms with Gasteiger partial charge in [0.05, 0.1) is 13.7 Å².